The highest BCUT2D eigenvalue weighted by molar-refractivity contribution is 5.98. The zero-order chi connectivity index (χ0) is 11.1. The molecule has 0 heterocycles. The first kappa shape index (κ1) is 12.2. The maximum atomic E-state index is 5.26. The van der Waals surface area contributed by atoms with E-state index in [0.29, 0.717) is 6.61 Å². The molecule has 0 unspecified atom stereocenters. The van der Waals surface area contributed by atoms with Crippen molar-refractivity contribution in [2.45, 2.75) is 26.2 Å². The van der Waals surface area contributed by atoms with Gasteiger partial charge in [-0.05, 0) is 29.5 Å². The Kier molecular flexibility index (Phi) is 5.36. The van der Waals surface area contributed by atoms with E-state index in [2.05, 4.69) is 37.8 Å². The number of hydrogen-bond donors (Lipinski definition) is 0. The summed E-state index contributed by atoms with van der Waals surface area (Å²) in [6.07, 6.45) is 3.62. The Morgan fingerprint density at radius 1 is 1.40 bits per heavy atom. The molecule has 0 aliphatic rings. The molecule has 15 heavy (non-hydrogen) atoms. The lowest BCUT2D eigenvalue weighted by atomic mass is 9.97. The van der Waals surface area contributed by atoms with Gasteiger partial charge in [0.25, 0.3) is 0 Å². The zero-order valence-electron chi connectivity index (χ0n) is 9.75. The van der Waals surface area contributed by atoms with Crippen molar-refractivity contribution in [1.29, 1.82) is 0 Å². The van der Waals surface area contributed by atoms with Crippen LogP contribution < -0.4 is 0 Å². The molecule has 1 aromatic carbocycles. The normalized spacial score (nSPS) is 10.5. The lowest BCUT2D eigenvalue weighted by molar-refractivity contribution is 0.409. The molecular weight excluding hydrogens is 200 g/mol. The average Bonchev–Trinajstić information content (AvgIpc) is 2.27. The Morgan fingerprint density at radius 3 is 2.80 bits per heavy atom. The number of rotatable bonds is 6. The molecule has 0 aromatic heterocycles. The van der Waals surface area contributed by atoms with Crippen LogP contribution in [-0.2, 0) is 10.8 Å². The molecule has 0 aliphatic carbocycles. The minimum atomic E-state index is 0.676. The molecule has 2 heteroatoms. The minimum absolute atomic E-state index is 0.676. The van der Waals surface area contributed by atoms with Gasteiger partial charge in [-0.25, -0.2) is 0 Å². The van der Waals surface area contributed by atoms with Crippen molar-refractivity contribution in [3.05, 3.63) is 42.0 Å². The molecule has 82 valence electrons. The molecule has 0 bridgehead atoms. The van der Waals surface area contributed by atoms with Gasteiger partial charge < -0.3 is 4.43 Å². The van der Waals surface area contributed by atoms with Gasteiger partial charge in [-0.2, -0.15) is 0 Å². The van der Waals surface area contributed by atoms with Gasteiger partial charge >= 0.3 is 0 Å². The molecule has 1 rings (SSSR count). The second-order valence-electron chi connectivity index (χ2n) is 3.80. The van der Waals surface area contributed by atoms with Crippen molar-refractivity contribution in [2.75, 3.05) is 6.61 Å². The van der Waals surface area contributed by atoms with Crippen LogP contribution in [0.4, 0.5) is 0 Å². The third-order valence-corrected chi connectivity index (χ3v) is 2.81. The molecule has 0 radical (unpaired) electrons. The summed E-state index contributed by atoms with van der Waals surface area (Å²) >= 11 is 0. The molecule has 0 saturated carbocycles. The van der Waals surface area contributed by atoms with E-state index in [1.807, 2.05) is 0 Å². The van der Waals surface area contributed by atoms with Crippen LogP contribution in [0.3, 0.4) is 0 Å². The van der Waals surface area contributed by atoms with Crippen molar-refractivity contribution in [3.63, 3.8) is 0 Å². The Bertz CT molecular complexity index is 320. The molecule has 0 saturated heterocycles. The molecule has 1 aromatic rings. The summed E-state index contributed by atoms with van der Waals surface area (Å²) < 4.78 is 5.26. The van der Waals surface area contributed by atoms with Crippen molar-refractivity contribution >= 4 is 16.1 Å². The summed E-state index contributed by atoms with van der Waals surface area (Å²) in [5.74, 6) is 0. The van der Waals surface area contributed by atoms with Crippen LogP contribution in [0, 0.1) is 0 Å². The molecule has 0 atom stereocenters. The van der Waals surface area contributed by atoms with Gasteiger partial charge in [-0.1, -0.05) is 44.2 Å². The zero-order valence-corrected chi connectivity index (χ0v) is 11.8. The van der Waals surface area contributed by atoms with Crippen LogP contribution >= 0.6 is 0 Å². The lowest BCUT2D eigenvalue weighted by Crippen LogP contribution is -1.98. The number of unbranched alkanes of at least 4 members (excludes halogenated alkanes) is 1. The summed E-state index contributed by atoms with van der Waals surface area (Å²) in [4.78, 5) is 0. The second-order valence-corrected chi connectivity index (χ2v) is 4.37. The van der Waals surface area contributed by atoms with Gasteiger partial charge in [0.1, 0.15) is 10.5 Å². The molecule has 0 fully saturated rings. The number of hydrogen-bond acceptors (Lipinski definition) is 1. The smallest absolute Gasteiger partial charge is 0.146 e. The van der Waals surface area contributed by atoms with E-state index in [-0.39, 0.29) is 0 Å². The second kappa shape index (κ2) is 6.59. The molecule has 0 amide bonds. The van der Waals surface area contributed by atoms with Crippen LogP contribution in [-0.4, -0.2) is 17.1 Å². The summed E-state index contributed by atoms with van der Waals surface area (Å²) in [6, 6.07) is 8.52. The summed E-state index contributed by atoms with van der Waals surface area (Å²) in [7, 11) is 0.778. The highest BCUT2D eigenvalue weighted by atomic mass is 28.2. The van der Waals surface area contributed by atoms with E-state index in [0.717, 1.165) is 22.5 Å². The first-order valence-corrected chi connectivity index (χ1v) is 6.36. The Morgan fingerprint density at radius 2 is 2.13 bits per heavy atom. The number of aryl methyl sites for hydroxylation is 1. The molecule has 0 aliphatic heterocycles. The van der Waals surface area contributed by atoms with Crippen molar-refractivity contribution in [3.8, 4) is 0 Å². The van der Waals surface area contributed by atoms with Crippen molar-refractivity contribution < 1.29 is 4.43 Å². The van der Waals surface area contributed by atoms with E-state index in [1.165, 1.54) is 24.0 Å². The van der Waals surface area contributed by atoms with Crippen LogP contribution in [0.5, 0.6) is 0 Å². The van der Waals surface area contributed by atoms with Crippen LogP contribution in [0.15, 0.2) is 30.8 Å². The monoisotopic (exact) mass is 220 g/mol. The largest absolute Gasteiger partial charge is 0.424 e. The predicted octanol–water partition coefficient (Wildman–Crippen LogP) is 2.34. The third-order valence-electron chi connectivity index (χ3n) is 2.52. The van der Waals surface area contributed by atoms with E-state index in [4.69, 9.17) is 4.43 Å². The fourth-order valence-electron chi connectivity index (χ4n) is 1.70. The standard InChI is InChI=1S/C13H20OSi/c1-3-4-7-12-8-5-6-9-13(12)11(2)10-14-15/h5-6,8-9H,2-4,7,10H2,1,15H3. The first-order valence-electron chi connectivity index (χ1n) is 5.54. The van der Waals surface area contributed by atoms with Gasteiger partial charge in [0.2, 0.25) is 0 Å². The summed E-state index contributed by atoms with van der Waals surface area (Å²) in [6.45, 7) is 6.98. The van der Waals surface area contributed by atoms with E-state index in [9.17, 15) is 0 Å². The van der Waals surface area contributed by atoms with Gasteiger partial charge in [0, 0.05) is 0 Å². The SMILES string of the molecule is C=C(CO[SiH3])c1ccccc1CCCC. The quantitative estimate of drug-likeness (QED) is 0.669. The maximum absolute atomic E-state index is 5.26. The predicted molar refractivity (Wildman–Crippen MR) is 70.0 cm³/mol. The summed E-state index contributed by atoms with van der Waals surface area (Å²) in [5.41, 5.74) is 3.79. The van der Waals surface area contributed by atoms with E-state index in [1.54, 1.807) is 0 Å². The molecule has 0 spiro atoms. The molecule has 1 nitrogen and oxygen atoms in total. The van der Waals surface area contributed by atoms with E-state index < -0.39 is 0 Å². The maximum Gasteiger partial charge on any atom is 0.146 e. The van der Waals surface area contributed by atoms with Gasteiger partial charge in [-0.3, -0.25) is 0 Å². The van der Waals surface area contributed by atoms with Gasteiger partial charge in [0.15, 0.2) is 0 Å². The highest BCUT2D eigenvalue weighted by Crippen LogP contribution is 2.19. The fourth-order valence-corrected chi connectivity index (χ4v) is 2.05. The molecular formula is C13H20OSi. The number of benzene rings is 1. The van der Waals surface area contributed by atoms with Crippen LogP contribution in [0.1, 0.15) is 30.9 Å². The highest BCUT2D eigenvalue weighted by Gasteiger charge is 2.04. The minimum Gasteiger partial charge on any atom is -0.424 e. The Hall–Kier alpha value is -0.863. The Labute approximate surface area is 95.7 Å². The van der Waals surface area contributed by atoms with Crippen molar-refractivity contribution in [2.24, 2.45) is 0 Å². The Balaban J connectivity index is 2.80. The van der Waals surface area contributed by atoms with E-state index >= 15 is 0 Å². The average molecular weight is 220 g/mol. The summed E-state index contributed by atoms with van der Waals surface area (Å²) in [5, 5.41) is 0. The third kappa shape index (κ3) is 3.65. The first-order chi connectivity index (χ1) is 7.29. The topological polar surface area (TPSA) is 9.23 Å². The fraction of sp³-hybridized carbons (Fsp3) is 0.385. The van der Waals surface area contributed by atoms with Crippen molar-refractivity contribution in [1.82, 2.24) is 0 Å². The molecule has 0 N–H and O–H groups in total. The van der Waals surface area contributed by atoms with Crippen LogP contribution in [0.25, 0.3) is 5.57 Å². The van der Waals surface area contributed by atoms with Crippen LogP contribution in [0.2, 0.25) is 0 Å². The van der Waals surface area contributed by atoms with Gasteiger partial charge in [0.05, 0.1) is 6.61 Å². The lowest BCUT2D eigenvalue weighted by Gasteiger charge is -2.11. The van der Waals surface area contributed by atoms with Gasteiger partial charge in [-0.15, -0.1) is 0 Å².